The summed E-state index contributed by atoms with van der Waals surface area (Å²) in [6.07, 6.45) is 3.62. The lowest BCUT2D eigenvalue weighted by Gasteiger charge is -2.39. The van der Waals surface area contributed by atoms with Crippen molar-refractivity contribution < 1.29 is 41.0 Å². The van der Waals surface area contributed by atoms with Gasteiger partial charge in [-0.25, -0.2) is 27.0 Å². The highest BCUT2D eigenvalue weighted by Crippen LogP contribution is 2.42. The van der Waals surface area contributed by atoms with Crippen molar-refractivity contribution in [2.24, 2.45) is 10.9 Å². The fraction of sp³-hybridized carbons (Fsp3) is 0.500. The number of carbonyl (C=O) groups is 2. The van der Waals surface area contributed by atoms with E-state index in [1.807, 2.05) is 0 Å². The number of hydrogen-bond acceptors (Lipinski definition) is 11. The number of rotatable bonds is 11. The number of benzene rings is 1. The maximum absolute atomic E-state index is 14.6. The van der Waals surface area contributed by atoms with Crippen LogP contribution in [0, 0.1) is 17.6 Å². The lowest BCUT2D eigenvalue weighted by atomic mass is 9.80. The normalized spacial score (nSPS) is 21.5. The molecule has 1 aromatic heterocycles. The smallest absolute Gasteiger partial charge is 0.338 e. The number of aliphatic imine (C=N–C) groups is 1. The number of esters is 2. The molecule has 240 valence electrons. The molecule has 1 aliphatic carbocycles. The molecule has 1 unspecified atom stereocenters. The molecule has 0 bridgehead atoms. The molecule has 2 aliphatic rings. The molecule has 16 heteroatoms. The molecule has 2 aromatic rings. The van der Waals surface area contributed by atoms with Gasteiger partial charge in [0.15, 0.2) is 22.5 Å². The number of carbonyl (C=O) groups excluding carboxylic acids is 2. The van der Waals surface area contributed by atoms with Crippen LogP contribution in [0.2, 0.25) is 5.02 Å². The summed E-state index contributed by atoms with van der Waals surface area (Å²) in [6, 6.07) is 0.652. The molecule has 1 fully saturated rings. The fourth-order valence-corrected chi connectivity index (χ4v) is 7.63. The van der Waals surface area contributed by atoms with Gasteiger partial charge < -0.3 is 19.5 Å². The van der Waals surface area contributed by atoms with Gasteiger partial charge in [-0.05, 0) is 37.7 Å². The third-order valence-corrected chi connectivity index (χ3v) is 9.94. The van der Waals surface area contributed by atoms with Crippen molar-refractivity contribution in [1.29, 1.82) is 0 Å². The van der Waals surface area contributed by atoms with E-state index in [0.29, 0.717) is 42.2 Å². The van der Waals surface area contributed by atoms with Crippen molar-refractivity contribution in [3.05, 3.63) is 62.2 Å². The molecule has 2 atom stereocenters. The molecule has 1 saturated carbocycles. The highest BCUT2D eigenvalue weighted by atomic mass is 35.5. The topological polar surface area (TPSA) is 136 Å². The Hall–Kier alpha value is -2.98. The van der Waals surface area contributed by atoms with E-state index < -0.39 is 56.8 Å². The zero-order chi connectivity index (χ0) is 32.2. The maximum atomic E-state index is 14.6. The standard InChI is InChI=1S/C28H33ClF2N4O7S2/c1-15(36)42-18(14-40-2)13-35(44(4,38)39)17-7-5-16(6-8-17)24-21(28(37)41-3)25(19-9-10-20(30)23(31)22(19)29)34-26(33-24)27-32-11-12-43-27/h9-12,16-18,25H,5-8,13-14H2,1-4H3,(H,33,34)/t16-,17-,18-,25?/m1/s1. The number of amidine groups is 1. The maximum Gasteiger partial charge on any atom is 0.338 e. The molecule has 44 heavy (non-hydrogen) atoms. The van der Waals surface area contributed by atoms with E-state index in [1.165, 1.54) is 42.9 Å². The first-order valence-electron chi connectivity index (χ1n) is 13.7. The fourth-order valence-electron chi connectivity index (χ4n) is 5.60. The lowest BCUT2D eigenvalue weighted by molar-refractivity contribution is -0.149. The number of halogens is 3. The van der Waals surface area contributed by atoms with Crippen LogP contribution in [0.3, 0.4) is 0 Å². The third-order valence-electron chi connectivity index (χ3n) is 7.48. The second-order valence-corrected chi connectivity index (χ2v) is 13.7. The van der Waals surface area contributed by atoms with Crippen LogP contribution in [0.15, 0.2) is 40.0 Å². The Balaban J connectivity index is 1.70. The zero-order valence-electron chi connectivity index (χ0n) is 24.5. The molecule has 1 N–H and O–H groups in total. The number of ether oxygens (including phenoxy) is 3. The van der Waals surface area contributed by atoms with Crippen LogP contribution in [0.25, 0.3) is 0 Å². The molecule has 2 heterocycles. The quantitative estimate of drug-likeness (QED) is 0.277. The minimum Gasteiger partial charge on any atom is -0.466 e. The molecule has 11 nitrogen and oxygen atoms in total. The number of aromatic nitrogens is 1. The van der Waals surface area contributed by atoms with Gasteiger partial charge in [0.1, 0.15) is 12.1 Å². The summed E-state index contributed by atoms with van der Waals surface area (Å²) in [5, 5.41) is 4.98. The number of nitrogens with zero attached hydrogens (tertiary/aromatic N) is 3. The van der Waals surface area contributed by atoms with Gasteiger partial charge in [0.05, 0.1) is 37.1 Å². The SMILES string of the molecule is COC[C@@H](CN([C@H]1CC[C@H](C2=C(C(=O)OC)C(c3ccc(F)c(F)c3Cl)N=C(c3nccs3)N2)CC1)S(C)(=O)=O)OC(C)=O. The van der Waals surface area contributed by atoms with Crippen LogP contribution in [0.4, 0.5) is 8.78 Å². The largest absolute Gasteiger partial charge is 0.466 e. The van der Waals surface area contributed by atoms with Gasteiger partial charge in [0, 0.05) is 42.9 Å². The van der Waals surface area contributed by atoms with Crippen molar-refractivity contribution >= 4 is 50.7 Å². The Kier molecular flexibility index (Phi) is 11.1. The summed E-state index contributed by atoms with van der Waals surface area (Å²) in [5.41, 5.74) is 0.620. The van der Waals surface area contributed by atoms with Crippen molar-refractivity contribution in [3.63, 3.8) is 0 Å². The monoisotopic (exact) mass is 674 g/mol. The van der Waals surface area contributed by atoms with E-state index in [1.54, 1.807) is 11.6 Å². The first kappa shape index (κ1) is 33.9. The Morgan fingerprint density at radius 2 is 1.91 bits per heavy atom. The van der Waals surface area contributed by atoms with Crippen molar-refractivity contribution in [2.45, 2.75) is 50.8 Å². The molecule has 0 spiro atoms. The number of methoxy groups -OCH3 is 2. The van der Waals surface area contributed by atoms with Gasteiger partial charge in [0.25, 0.3) is 0 Å². The minimum atomic E-state index is -3.70. The zero-order valence-corrected chi connectivity index (χ0v) is 26.9. The second kappa shape index (κ2) is 14.4. The second-order valence-electron chi connectivity index (χ2n) is 10.5. The van der Waals surface area contributed by atoms with Gasteiger partial charge >= 0.3 is 11.9 Å². The van der Waals surface area contributed by atoms with E-state index in [2.05, 4.69) is 15.3 Å². The predicted molar refractivity (Wildman–Crippen MR) is 160 cm³/mol. The number of nitrogens with one attached hydrogen (secondary N) is 1. The van der Waals surface area contributed by atoms with Crippen LogP contribution in [-0.2, 0) is 33.8 Å². The predicted octanol–water partition coefficient (Wildman–Crippen LogP) is 3.99. The third kappa shape index (κ3) is 7.62. The van der Waals surface area contributed by atoms with Crippen LogP contribution < -0.4 is 5.32 Å². The Labute approximate surface area is 263 Å². The van der Waals surface area contributed by atoms with Crippen LogP contribution >= 0.6 is 22.9 Å². The van der Waals surface area contributed by atoms with E-state index in [9.17, 15) is 26.8 Å². The molecule has 1 aromatic carbocycles. The van der Waals surface area contributed by atoms with Crippen LogP contribution in [0.5, 0.6) is 0 Å². The number of sulfonamides is 1. The van der Waals surface area contributed by atoms with Crippen molar-refractivity contribution in [1.82, 2.24) is 14.6 Å². The highest BCUT2D eigenvalue weighted by molar-refractivity contribution is 7.88. The minimum absolute atomic E-state index is 0.0209. The van der Waals surface area contributed by atoms with Crippen LogP contribution in [-0.4, -0.2) is 81.3 Å². The molecule has 1 aliphatic heterocycles. The summed E-state index contributed by atoms with van der Waals surface area (Å²) in [7, 11) is -1.07. The van der Waals surface area contributed by atoms with Gasteiger partial charge in [0.2, 0.25) is 10.0 Å². The molecular formula is C28H33ClF2N4O7S2. The van der Waals surface area contributed by atoms with E-state index in [4.69, 9.17) is 25.8 Å². The Morgan fingerprint density at radius 1 is 1.20 bits per heavy atom. The summed E-state index contributed by atoms with van der Waals surface area (Å²) in [5.74, 6) is -3.66. The first-order valence-corrected chi connectivity index (χ1v) is 16.8. The van der Waals surface area contributed by atoms with Crippen LogP contribution in [0.1, 0.15) is 49.2 Å². The number of allylic oxidation sites excluding steroid dienone is 1. The number of thiazole rings is 1. The summed E-state index contributed by atoms with van der Waals surface area (Å²) in [6.45, 7) is 1.19. The molecule has 0 amide bonds. The average molecular weight is 675 g/mol. The number of hydrogen-bond donors (Lipinski definition) is 1. The van der Waals surface area contributed by atoms with Crippen molar-refractivity contribution in [3.8, 4) is 0 Å². The summed E-state index contributed by atoms with van der Waals surface area (Å²) >= 11 is 7.54. The highest BCUT2D eigenvalue weighted by Gasteiger charge is 2.40. The van der Waals surface area contributed by atoms with Gasteiger partial charge in [-0.3, -0.25) is 9.79 Å². The van der Waals surface area contributed by atoms with E-state index >= 15 is 0 Å². The van der Waals surface area contributed by atoms with E-state index in [0.717, 1.165) is 12.3 Å². The Bertz CT molecular complexity index is 1540. The molecule has 4 rings (SSSR count). The first-order chi connectivity index (χ1) is 20.8. The average Bonchev–Trinajstić information content (AvgIpc) is 3.52. The van der Waals surface area contributed by atoms with Gasteiger partial charge in [-0.2, -0.15) is 4.31 Å². The Morgan fingerprint density at radius 3 is 2.48 bits per heavy atom. The van der Waals surface area contributed by atoms with Gasteiger partial charge in [-0.1, -0.05) is 17.7 Å². The summed E-state index contributed by atoms with van der Waals surface area (Å²) in [4.78, 5) is 33.9. The molecule has 0 radical (unpaired) electrons. The molecule has 0 saturated heterocycles. The lowest BCUT2D eigenvalue weighted by Crippen LogP contribution is -2.48. The molecular weight excluding hydrogens is 642 g/mol. The van der Waals surface area contributed by atoms with E-state index in [-0.39, 0.29) is 30.2 Å². The van der Waals surface area contributed by atoms with Crippen molar-refractivity contribution in [2.75, 3.05) is 33.6 Å². The summed E-state index contributed by atoms with van der Waals surface area (Å²) < 4.78 is 71.1. The van der Waals surface area contributed by atoms with Gasteiger partial charge in [-0.15, -0.1) is 11.3 Å².